The van der Waals surface area contributed by atoms with Crippen molar-refractivity contribution in [2.75, 3.05) is 6.54 Å². The molecule has 1 amide bonds. The smallest absolute Gasteiger partial charge is 0.274 e. The summed E-state index contributed by atoms with van der Waals surface area (Å²) in [6, 6.07) is 3.73. The van der Waals surface area contributed by atoms with Crippen molar-refractivity contribution in [1.29, 1.82) is 0 Å². The molecule has 2 heterocycles. The Morgan fingerprint density at radius 2 is 2.32 bits per heavy atom. The summed E-state index contributed by atoms with van der Waals surface area (Å²) in [7, 11) is 0. The molecule has 98 valence electrons. The molecule has 0 bridgehead atoms. The average molecular weight is 294 g/mol. The highest BCUT2D eigenvalue weighted by atomic mass is 35.5. The molecule has 2 aromatic heterocycles. The van der Waals surface area contributed by atoms with Gasteiger partial charge in [0, 0.05) is 23.8 Å². The lowest BCUT2D eigenvalue weighted by Crippen LogP contribution is -2.31. The van der Waals surface area contributed by atoms with Gasteiger partial charge in [0.05, 0.1) is 17.1 Å². The summed E-state index contributed by atoms with van der Waals surface area (Å²) >= 11 is 7.35. The minimum absolute atomic E-state index is 0.169. The van der Waals surface area contributed by atoms with Crippen LogP contribution in [-0.4, -0.2) is 27.3 Å². The van der Waals surface area contributed by atoms with Gasteiger partial charge >= 0.3 is 0 Å². The zero-order valence-corrected chi connectivity index (χ0v) is 11.7. The molecule has 0 aliphatic rings. The van der Waals surface area contributed by atoms with Crippen LogP contribution in [0, 0.1) is 0 Å². The van der Waals surface area contributed by atoms with E-state index in [0.717, 1.165) is 4.88 Å². The first-order chi connectivity index (χ1) is 9.20. The molecule has 0 unspecified atom stereocenters. The quantitative estimate of drug-likeness (QED) is 0.796. The molecule has 19 heavy (non-hydrogen) atoms. The van der Waals surface area contributed by atoms with Crippen LogP contribution < -0.4 is 0 Å². The number of thiophene rings is 1. The monoisotopic (exact) mass is 293 g/mol. The molecule has 0 aromatic carbocycles. The first-order valence-electron chi connectivity index (χ1n) is 5.61. The lowest BCUT2D eigenvalue weighted by Gasteiger charge is -2.19. The van der Waals surface area contributed by atoms with E-state index in [1.165, 1.54) is 29.9 Å². The highest BCUT2D eigenvalue weighted by molar-refractivity contribution is 7.16. The number of amides is 1. The van der Waals surface area contributed by atoms with E-state index >= 15 is 0 Å². The van der Waals surface area contributed by atoms with E-state index < -0.39 is 0 Å². The van der Waals surface area contributed by atoms with Crippen molar-refractivity contribution in [1.82, 2.24) is 14.9 Å². The minimum atomic E-state index is -0.169. The SMILES string of the molecule is C=CCN(Cc1ccc(Cl)s1)C(=O)c1cnccn1. The van der Waals surface area contributed by atoms with E-state index in [0.29, 0.717) is 23.1 Å². The molecule has 0 aliphatic heterocycles. The zero-order valence-electron chi connectivity index (χ0n) is 10.1. The van der Waals surface area contributed by atoms with Crippen LogP contribution >= 0.6 is 22.9 Å². The Balaban J connectivity index is 2.15. The summed E-state index contributed by atoms with van der Waals surface area (Å²) < 4.78 is 0.709. The van der Waals surface area contributed by atoms with Crippen molar-refractivity contribution in [3.63, 3.8) is 0 Å². The highest BCUT2D eigenvalue weighted by Gasteiger charge is 2.17. The van der Waals surface area contributed by atoms with Crippen molar-refractivity contribution in [2.24, 2.45) is 0 Å². The highest BCUT2D eigenvalue weighted by Crippen LogP contribution is 2.23. The normalized spacial score (nSPS) is 10.2. The molecule has 6 heteroatoms. The summed E-state index contributed by atoms with van der Waals surface area (Å²) in [4.78, 5) is 22.9. The Bertz CT molecular complexity index is 570. The molecule has 0 saturated heterocycles. The number of halogens is 1. The summed E-state index contributed by atoms with van der Waals surface area (Å²) in [6.07, 6.45) is 6.18. The van der Waals surface area contributed by atoms with Crippen molar-refractivity contribution < 1.29 is 4.79 Å². The summed E-state index contributed by atoms with van der Waals surface area (Å²) in [5.41, 5.74) is 0.326. The molecule has 0 fully saturated rings. The van der Waals surface area contributed by atoms with Gasteiger partial charge in [-0.15, -0.1) is 17.9 Å². The van der Waals surface area contributed by atoms with Crippen molar-refractivity contribution in [3.8, 4) is 0 Å². The molecule has 2 aromatic rings. The molecule has 0 atom stereocenters. The number of rotatable bonds is 5. The Morgan fingerprint density at radius 3 is 2.89 bits per heavy atom. The van der Waals surface area contributed by atoms with Gasteiger partial charge in [-0.1, -0.05) is 17.7 Å². The fraction of sp³-hybridized carbons (Fsp3) is 0.154. The Hall–Kier alpha value is -1.72. The van der Waals surface area contributed by atoms with Gasteiger partial charge in [-0.25, -0.2) is 4.98 Å². The maximum absolute atomic E-state index is 12.3. The van der Waals surface area contributed by atoms with Gasteiger partial charge in [-0.05, 0) is 12.1 Å². The number of aromatic nitrogens is 2. The van der Waals surface area contributed by atoms with E-state index in [4.69, 9.17) is 11.6 Å². The van der Waals surface area contributed by atoms with Crippen LogP contribution in [0.4, 0.5) is 0 Å². The van der Waals surface area contributed by atoms with Crippen LogP contribution in [0.2, 0.25) is 4.34 Å². The number of hydrogen-bond donors (Lipinski definition) is 0. The van der Waals surface area contributed by atoms with Gasteiger partial charge in [0.25, 0.3) is 5.91 Å². The third kappa shape index (κ3) is 3.62. The maximum atomic E-state index is 12.3. The first-order valence-corrected chi connectivity index (χ1v) is 6.80. The molecule has 0 spiro atoms. The molecular formula is C13H12ClN3OS. The van der Waals surface area contributed by atoms with Gasteiger partial charge in [0.1, 0.15) is 5.69 Å². The van der Waals surface area contributed by atoms with Gasteiger partial charge in [-0.3, -0.25) is 9.78 Å². The van der Waals surface area contributed by atoms with Crippen molar-refractivity contribution in [3.05, 3.63) is 58.3 Å². The Labute approximate surface area is 120 Å². The Morgan fingerprint density at radius 1 is 1.47 bits per heavy atom. The molecular weight excluding hydrogens is 282 g/mol. The van der Waals surface area contributed by atoms with E-state index in [2.05, 4.69) is 16.5 Å². The van der Waals surface area contributed by atoms with Gasteiger partial charge in [0.15, 0.2) is 0 Å². The third-order valence-electron chi connectivity index (χ3n) is 2.39. The van der Waals surface area contributed by atoms with Crippen LogP contribution in [-0.2, 0) is 6.54 Å². The molecule has 0 N–H and O–H groups in total. The molecule has 0 radical (unpaired) electrons. The molecule has 2 rings (SSSR count). The fourth-order valence-electron chi connectivity index (χ4n) is 1.57. The second-order valence-electron chi connectivity index (χ2n) is 3.77. The summed E-state index contributed by atoms with van der Waals surface area (Å²) in [6.45, 7) is 4.61. The van der Waals surface area contributed by atoms with E-state index in [9.17, 15) is 4.79 Å². The van der Waals surface area contributed by atoms with Gasteiger partial charge < -0.3 is 4.90 Å². The minimum Gasteiger partial charge on any atom is -0.328 e. The summed E-state index contributed by atoms with van der Waals surface area (Å²) in [5.74, 6) is -0.169. The lowest BCUT2D eigenvalue weighted by molar-refractivity contribution is 0.0758. The van der Waals surface area contributed by atoms with Crippen LogP contribution in [0.15, 0.2) is 43.4 Å². The molecule has 0 saturated carbocycles. The zero-order chi connectivity index (χ0) is 13.7. The predicted molar refractivity (Wildman–Crippen MR) is 76.3 cm³/mol. The van der Waals surface area contributed by atoms with E-state index in [1.807, 2.05) is 12.1 Å². The molecule has 4 nitrogen and oxygen atoms in total. The second-order valence-corrected chi connectivity index (χ2v) is 5.57. The first kappa shape index (κ1) is 13.7. The second kappa shape index (κ2) is 6.45. The Kier molecular flexibility index (Phi) is 4.65. The average Bonchev–Trinajstić information content (AvgIpc) is 2.84. The van der Waals surface area contributed by atoms with Crippen LogP contribution in [0.1, 0.15) is 15.4 Å². The summed E-state index contributed by atoms with van der Waals surface area (Å²) in [5, 5.41) is 0. The topological polar surface area (TPSA) is 46.1 Å². The fourth-order valence-corrected chi connectivity index (χ4v) is 2.67. The van der Waals surface area contributed by atoms with E-state index in [-0.39, 0.29) is 5.91 Å². The maximum Gasteiger partial charge on any atom is 0.274 e. The van der Waals surface area contributed by atoms with Crippen LogP contribution in [0.25, 0.3) is 0 Å². The largest absolute Gasteiger partial charge is 0.328 e. The number of hydrogen-bond acceptors (Lipinski definition) is 4. The number of nitrogens with zero attached hydrogens (tertiary/aromatic N) is 3. The van der Waals surface area contributed by atoms with Crippen LogP contribution in [0.5, 0.6) is 0 Å². The standard InChI is InChI=1S/C13H12ClN3OS/c1-2-7-17(9-10-3-4-12(14)19-10)13(18)11-8-15-5-6-16-11/h2-6,8H,1,7,9H2. The third-order valence-corrected chi connectivity index (χ3v) is 3.61. The van der Waals surface area contributed by atoms with Gasteiger partial charge in [-0.2, -0.15) is 0 Å². The number of carbonyl (C=O) groups is 1. The van der Waals surface area contributed by atoms with Crippen LogP contribution in [0.3, 0.4) is 0 Å². The number of carbonyl (C=O) groups excluding carboxylic acids is 1. The molecule has 0 aliphatic carbocycles. The van der Waals surface area contributed by atoms with Crippen molar-refractivity contribution >= 4 is 28.8 Å². The lowest BCUT2D eigenvalue weighted by atomic mass is 10.3. The van der Waals surface area contributed by atoms with Gasteiger partial charge in [0.2, 0.25) is 0 Å². The predicted octanol–water partition coefficient (Wildman–Crippen LogP) is 3.02. The van der Waals surface area contributed by atoms with E-state index in [1.54, 1.807) is 11.0 Å². The van der Waals surface area contributed by atoms with Crippen molar-refractivity contribution in [2.45, 2.75) is 6.54 Å².